The van der Waals surface area contributed by atoms with Crippen molar-refractivity contribution >= 4 is 11.8 Å². The molecule has 20 heavy (non-hydrogen) atoms. The van der Waals surface area contributed by atoms with E-state index >= 15 is 0 Å². The molecule has 0 spiro atoms. The number of likely N-dealkylation sites (N-methyl/N-ethyl adjacent to an activating group) is 1. The summed E-state index contributed by atoms with van der Waals surface area (Å²) in [6.45, 7) is 9.78. The number of piperazine rings is 1. The van der Waals surface area contributed by atoms with Gasteiger partial charge in [0.15, 0.2) is 0 Å². The molecular weight excluding hydrogens is 266 g/mol. The third-order valence-electron chi connectivity index (χ3n) is 4.37. The minimum absolute atomic E-state index is 0.354. The van der Waals surface area contributed by atoms with Gasteiger partial charge in [0.2, 0.25) is 0 Å². The normalized spacial score (nSPS) is 22.9. The Kier molecular flexibility index (Phi) is 5.90. The molecule has 2 N–H and O–H groups in total. The van der Waals surface area contributed by atoms with Crippen molar-refractivity contribution in [2.75, 3.05) is 39.0 Å². The highest BCUT2D eigenvalue weighted by Gasteiger charge is 2.27. The molecule has 0 bridgehead atoms. The number of benzene rings is 1. The molecule has 3 nitrogen and oxygen atoms in total. The molecule has 2 rings (SSSR count). The van der Waals surface area contributed by atoms with E-state index in [1.54, 1.807) is 11.8 Å². The van der Waals surface area contributed by atoms with Crippen LogP contribution in [0.2, 0.25) is 0 Å². The van der Waals surface area contributed by atoms with Gasteiger partial charge in [0.1, 0.15) is 0 Å². The van der Waals surface area contributed by atoms with E-state index in [4.69, 9.17) is 5.73 Å². The summed E-state index contributed by atoms with van der Waals surface area (Å²) in [4.78, 5) is 6.40. The van der Waals surface area contributed by atoms with E-state index < -0.39 is 0 Å². The zero-order chi connectivity index (χ0) is 14.5. The van der Waals surface area contributed by atoms with Crippen LogP contribution in [0.5, 0.6) is 0 Å². The molecule has 1 aromatic rings. The van der Waals surface area contributed by atoms with Crippen LogP contribution in [0.15, 0.2) is 29.2 Å². The second-order valence-corrected chi connectivity index (χ2v) is 6.38. The van der Waals surface area contributed by atoms with Crippen molar-refractivity contribution in [3.63, 3.8) is 0 Å². The predicted octanol–water partition coefficient (Wildman–Crippen LogP) is 2.43. The number of rotatable bonds is 5. The Morgan fingerprint density at radius 1 is 1.30 bits per heavy atom. The quantitative estimate of drug-likeness (QED) is 0.845. The number of thioether (sulfide) groups is 1. The zero-order valence-corrected chi connectivity index (χ0v) is 13.7. The van der Waals surface area contributed by atoms with Crippen molar-refractivity contribution in [2.45, 2.75) is 30.8 Å². The van der Waals surface area contributed by atoms with Gasteiger partial charge in [-0.3, -0.25) is 9.80 Å². The van der Waals surface area contributed by atoms with Crippen molar-refractivity contribution in [2.24, 2.45) is 5.73 Å². The molecule has 1 fully saturated rings. The van der Waals surface area contributed by atoms with Gasteiger partial charge in [-0.1, -0.05) is 19.1 Å². The van der Waals surface area contributed by atoms with Crippen LogP contribution in [-0.4, -0.2) is 54.8 Å². The number of nitrogens with two attached hydrogens (primary N) is 1. The van der Waals surface area contributed by atoms with E-state index in [2.05, 4.69) is 54.2 Å². The van der Waals surface area contributed by atoms with Crippen LogP contribution in [0.4, 0.5) is 0 Å². The highest BCUT2D eigenvalue weighted by Crippen LogP contribution is 2.25. The summed E-state index contributed by atoms with van der Waals surface area (Å²) in [6, 6.07) is 9.85. The maximum Gasteiger partial charge on any atom is 0.0471 e. The lowest BCUT2D eigenvalue weighted by molar-refractivity contribution is 0.0606. The highest BCUT2D eigenvalue weighted by molar-refractivity contribution is 7.98. The minimum atomic E-state index is 0.354. The van der Waals surface area contributed by atoms with Crippen molar-refractivity contribution < 1.29 is 0 Å². The van der Waals surface area contributed by atoms with Gasteiger partial charge in [-0.05, 0) is 37.4 Å². The average molecular weight is 293 g/mol. The summed E-state index contributed by atoms with van der Waals surface area (Å²) in [5.41, 5.74) is 7.41. The van der Waals surface area contributed by atoms with E-state index in [9.17, 15) is 0 Å². The summed E-state index contributed by atoms with van der Waals surface area (Å²) in [6.07, 6.45) is 2.11. The molecule has 0 saturated carbocycles. The first-order valence-corrected chi connectivity index (χ1v) is 8.74. The lowest BCUT2D eigenvalue weighted by Crippen LogP contribution is -2.53. The van der Waals surface area contributed by atoms with Gasteiger partial charge in [-0.15, -0.1) is 11.8 Å². The molecule has 2 unspecified atom stereocenters. The molecule has 1 aromatic carbocycles. The van der Waals surface area contributed by atoms with Gasteiger partial charge in [0, 0.05) is 43.2 Å². The molecule has 0 aromatic heterocycles. The molecule has 1 saturated heterocycles. The third-order valence-corrected chi connectivity index (χ3v) is 5.11. The first kappa shape index (κ1) is 15.8. The molecule has 4 heteroatoms. The van der Waals surface area contributed by atoms with Crippen molar-refractivity contribution in [1.29, 1.82) is 0 Å². The molecule has 112 valence electrons. The summed E-state index contributed by atoms with van der Waals surface area (Å²) in [5.74, 6) is 0. The summed E-state index contributed by atoms with van der Waals surface area (Å²) in [7, 11) is 0. The van der Waals surface area contributed by atoms with E-state index in [0.717, 1.165) is 26.2 Å². The summed E-state index contributed by atoms with van der Waals surface area (Å²) in [5, 5.41) is 0. The van der Waals surface area contributed by atoms with E-state index in [-0.39, 0.29) is 0 Å². The molecule has 1 aliphatic rings. The molecule has 2 atom stereocenters. The van der Waals surface area contributed by atoms with Gasteiger partial charge in [0.05, 0.1) is 0 Å². The Hall–Kier alpha value is -0.550. The fourth-order valence-corrected chi connectivity index (χ4v) is 3.51. The third kappa shape index (κ3) is 3.55. The molecule has 0 aliphatic carbocycles. The molecule has 0 amide bonds. The summed E-state index contributed by atoms with van der Waals surface area (Å²) < 4.78 is 0. The number of nitrogens with zero attached hydrogens (tertiary/aromatic N) is 2. The minimum Gasteiger partial charge on any atom is -0.329 e. The highest BCUT2D eigenvalue weighted by atomic mass is 32.2. The fraction of sp³-hybridized carbons (Fsp3) is 0.625. The van der Waals surface area contributed by atoms with Crippen LogP contribution in [0.1, 0.15) is 25.5 Å². The SMILES string of the molecule is CCN1CCN(C(CN)c2ccc(SC)cc2)CC1C. The number of hydrogen-bond donors (Lipinski definition) is 1. The van der Waals surface area contributed by atoms with Crippen LogP contribution in [0.25, 0.3) is 0 Å². The average Bonchev–Trinajstić information content (AvgIpc) is 2.49. The maximum atomic E-state index is 6.06. The van der Waals surface area contributed by atoms with Crippen LogP contribution < -0.4 is 5.73 Å². The molecule has 1 heterocycles. The van der Waals surface area contributed by atoms with Crippen LogP contribution in [0, 0.1) is 0 Å². The Bertz CT molecular complexity index is 407. The largest absolute Gasteiger partial charge is 0.329 e. The van der Waals surface area contributed by atoms with Gasteiger partial charge < -0.3 is 5.73 Å². The van der Waals surface area contributed by atoms with Crippen molar-refractivity contribution in [1.82, 2.24) is 9.80 Å². The maximum absolute atomic E-state index is 6.06. The second-order valence-electron chi connectivity index (χ2n) is 5.50. The monoisotopic (exact) mass is 293 g/mol. The Morgan fingerprint density at radius 2 is 2.00 bits per heavy atom. The molecule has 1 aliphatic heterocycles. The Morgan fingerprint density at radius 3 is 2.50 bits per heavy atom. The van der Waals surface area contributed by atoms with Crippen LogP contribution in [0.3, 0.4) is 0 Å². The first-order chi connectivity index (χ1) is 9.69. The molecule has 0 radical (unpaired) electrons. The Labute approximate surface area is 127 Å². The second kappa shape index (κ2) is 7.46. The molecular formula is C16H27N3S. The predicted molar refractivity (Wildman–Crippen MR) is 88.3 cm³/mol. The Balaban J connectivity index is 2.07. The standard InChI is InChI=1S/C16H27N3S/c1-4-18-9-10-19(12-13(18)2)16(11-17)14-5-7-15(20-3)8-6-14/h5-8,13,16H,4,9-12,17H2,1-3H3. The topological polar surface area (TPSA) is 32.5 Å². The first-order valence-electron chi connectivity index (χ1n) is 7.51. The zero-order valence-electron chi connectivity index (χ0n) is 12.9. The van der Waals surface area contributed by atoms with E-state index in [0.29, 0.717) is 18.6 Å². The van der Waals surface area contributed by atoms with Crippen LogP contribution >= 0.6 is 11.8 Å². The van der Waals surface area contributed by atoms with Crippen molar-refractivity contribution in [3.05, 3.63) is 29.8 Å². The van der Waals surface area contributed by atoms with Gasteiger partial charge in [0.25, 0.3) is 0 Å². The van der Waals surface area contributed by atoms with Gasteiger partial charge in [-0.25, -0.2) is 0 Å². The van der Waals surface area contributed by atoms with E-state index in [1.165, 1.54) is 10.5 Å². The lowest BCUT2D eigenvalue weighted by atomic mass is 10.0. The lowest BCUT2D eigenvalue weighted by Gasteiger charge is -2.42. The summed E-state index contributed by atoms with van der Waals surface area (Å²) >= 11 is 1.78. The number of hydrogen-bond acceptors (Lipinski definition) is 4. The van der Waals surface area contributed by atoms with E-state index in [1.807, 2.05) is 0 Å². The smallest absolute Gasteiger partial charge is 0.0471 e. The van der Waals surface area contributed by atoms with Crippen molar-refractivity contribution in [3.8, 4) is 0 Å². The van der Waals surface area contributed by atoms with Gasteiger partial charge >= 0.3 is 0 Å². The van der Waals surface area contributed by atoms with Gasteiger partial charge in [-0.2, -0.15) is 0 Å². The van der Waals surface area contributed by atoms with Crippen LogP contribution in [-0.2, 0) is 0 Å². The fourth-order valence-electron chi connectivity index (χ4n) is 3.10.